The lowest BCUT2D eigenvalue weighted by Gasteiger charge is -2.05. The lowest BCUT2D eigenvalue weighted by Crippen LogP contribution is -1.90. The van der Waals surface area contributed by atoms with Gasteiger partial charge in [0.1, 0.15) is 11.6 Å². The van der Waals surface area contributed by atoms with Crippen LogP contribution in [-0.2, 0) is 0 Å². The van der Waals surface area contributed by atoms with Crippen molar-refractivity contribution in [1.82, 2.24) is 4.98 Å². The summed E-state index contributed by atoms with van der Waals surface area (Å²) in [5, 5.41) is 0. The van der Waals surface area contributed by atoms with E-state index in [1.165, 1.54) is 18.3 Å². The first-order valence-electron chi connectivity index (χ1n) is 4.49. The molecular formula is C11H8BrFN2O. The monoisotopic (exact) mass is 282 g/mol. The Labute approximate surface area is 100 Å². The van der Waals surface area contributed by atoms with Crippen LogP contribution in [0.2, 0.25) is 0 Å². The molecule has 1 aromatic heterocycles. The van der Waals surface area contributed by atoms with E-state index >= 15 is 0 Å². The van der Waals surface area contributed by atoms with Crippen molar-refractivity contribution in [2.45, 2.75) is 0 Å². The van der Waals surface area contributed by atoms with Crippen LogP contribution in [0.1, 0.15) is 0 Å². The first-order chi connectivity index (χ1) is 7.63. The number of hydrogen-bond donors (Lipinski definition) is 1. The third kappa shape index (κ3) is 2.70. The van der Waals surface area contributed by atoms with Gasteiger partial charge in [0.2, 0.25) is 5.88 Å². The van der Waals surface area contributed by atoms with Crippen molar-refractivity contribution in [2.75, 3.05) is 5.73 Å². The lowest BCUT2D eigenvalue weighted by atomic mass is 10.3. The van der Waals surface area contributed by atoms with Gasteiger partial charge >= 0.3 is 0 Å². The van der Waals surface area contributed by atoms with Crippen LogP contribution in [0.3, 0.4) is 0 Å². The van der Waals surface area contributed by atoms with Crippen LogP contribution in [-0.4, -0.2) is 4.98 Å². The average molecular weight is 283 g/mol. The lowest BCUT2D eigenvalue weighted by molar-refractivity contribution is 0.458. The minimum absolute atomic E-state index is 0.367. The summed E-state index contributed by atoms with van der Waals surface area (Å²) in [5.41, 5.74) is 6.03. The molecule has 0 radical (unpaired) electrons. The van der Waals surface area contributed by atoms with Gasteiger partial charge in [-0.1, -0.05) is 15.9 Å². The molecule has 0 spiro atoms. The summed E-state index contributed by atoms with van der Waals surface area (Å²) in [6, 6.07) is 7.57. The standard InChI is InChI=1S/C11H8BrFN2O/c12-7-3-8(13)5-10(4-7)16-11-2-1-9(14)6-15-11/h1-6H,14H2. The maximum absolute atomic E-state index is 13.0. The van der Waals surface area contributed by atoms with Crippen molar-refractivity contribution >= 4 is 21.6 Å². The van der Waals surface area contributed by atoms with Gasteiger partial charge in [0.15, 0.2) is 0 Å². The fourth-order valence-electron chi connectivity index (χ4n) is 1.16. The number of rotatable bonds is 2. The molecule has 0 aliphatic carbocycles. The summed E-state index contributed by atoms with van der Waals surface area (Å²) < 4.78 is 19.0. The molecule has 0 aliphatic heterocycles. The van der Waals surface area contributed by atoms with E-state index in [9.17, 15) is 4.39 Å². The number of halogens is 2. The molecule has 1 heterocycles. The van der Waals surface area contributed by atoms with Gasteiger partial charge in [-0.05, 0) is 18.2 Å². The minimum atomic E-state index is -0.375. The highest BCUT2D eigenvalue weighted by Crippen LogP contribution is 2.24. The Hall–Kier alpha value is -1.62. The van der Waals surface area contributed by atoms with Crippen LogP contribution in [0.4, 0.5) is 10.1 Å². The van der Waals surface area contributed by atoms with Crippen molar-refractivity contribution in [3.8, 4) is 11.6 Å². The second-order valence-electron chi connectivity index (χ2n) is 3.14. The van der Waals surface area contributed by atoms with Gasteiger partial charge in [0, 0.05) is 16.6 Å². The number of pyridine rings is 1. The SMILES string of the molecule is Nc1ccc(Oc2cc(F)cc(Br)c2)nc1. The van der Waals surface area contributed by atoms with Crippen LogP contribution in [0.15, 0.2) is 41.0 Å². The molecule has 3 nitrogen and oxygen atoms in total. The Morgan fingerprint density at radius 2 is 2.06 bits per heavy atom. The highest BCUT2D eigenvalue weighted by atomic mass is 79.9. The van der Waals surface area contributed by atoms with Gasteiger partial charge in [0.05, 0.1) is 11.9 Å². The fraction of sp³-hybridized carbons (Fsp3) is 0. The van der Waals surface area contributed by atoms with Gasteiger partial charge in [-0.2, -0.15) is 0 Å². The van der Waals surface area contributed by atoms with E-state index in [2.05, 4.69) is 20.9 Å². The Bertz CT molecular complexity index is 482. The number of aromatic nitrogens is 1. The van der Waals surface area contributed by atoms with E-state index in [4.69, 9.17) is 10.5 Å². The number of hydrogen-bond acceptors (Lipinski definition) is 3. The molecule has 82 valence electrons. The zero-order chi connectivity index (χ0) is 11.5. The summed E-state index contributed by atoms with van der Waals surface area (Å²) in [6.07, 6.45) is 1.48. The normalized spacial score (nSPS) is 10.1. The van der Waals surface area contributed by atoms with E-state index < -0.39 is 0 Å². The van der Waals surface area contributed by atoms with Crippen molar-refractivity contribution in [1.29, 1.82) is 0 Å². The Balaban J connectivity index is 2.23. The maximum atomic E-state index is 13.0. The smallest absolute Gasteiger partial charge is 0.219 e. The summed E-state index contributed by atoms with van der Waals surface area (Å²) >= 11 is 3.18. The number of nitrogen functional groups attached to an aromatic ring is 1. The molecule has 2 N–H and O–H groups in total. The van der Waals surface area contributed by atoms with Gasteiger partial charge in [0.25, 0.3) is 0 Å². The fourth-order valence-corrected chi connectivity index (χ4v) is 1.60. The van der Waals surface area contributed by atoms with Gasteiger partial charge < -0.3 is 10.5 Å². The number of ether oxygens (including phenoxy) is 1. The second-order valence-corrected chi connectivity index (χ2v) is 4.05. The van der Waals surface area contributed by atoms with Gasteiger partial charge in [-0.25, -0.2) is 9.37 Å². The van der Waals surface area contributed by atoms with Crippen LogP contribution in [0.25, 0.3) is 0 Å². The van der Waals surface area contributed by atoms with Crippen molar-refractivity contribution in [3.05, 3.63) is 46.8 Å². The molecule has 1 aromatic carbocycles. The molecule has 0 saturated heterocycles. The van der Waals surface area contributed by atoms with E-state index in [-0.39, 0.29) is 5.82 Å². The Kier molecular flexibility index (Phi) is 3.05. The number of nitrogens with two attached hydrogens (primary N) is 1. The molecule has 0 bridgehead atoms. The molecule has 2 aromatic rings. The zero-order valence-electron chi connectivity index (χ0n) is 8.15. The third-order valence-electron chi connectivity index (χ3n) is 1.82. The summed E-state index contributed by atoms with van der Waals surface area (Å²) in [7, 11) is 0. The largest absolute Gasteiger partial charge is 0.439 e. The summed E-state index contributed by atoms with van der Waals surface area (Å²) in [4.78, 5) is 3.95. The molecule has 0 amide bonds. The highest BCUT2D eigenvalue weighted by Gasteiger charge is 2.02. The Morgan fingerprint density at radius 3 is 2.69 bits per heavy atom. The third-order valence-corrected chi connectivity index (χ3v) is 2.28. The molecule has 0 unspecified atom stereocenters. The van der Waals surface area contributed by atoms with E-state index in [1.54, 1.807) is 18.2 Å². The first-order valence-corrected chi connectivity index (χ1v) is 5.28. The van der Waals surface area contributed by atoms with Crippen molar-refractivity contribution in [3.63, 3.8) is 0 Å². The minimum Gasteiger partial charge on any atom is -0.439 e. The molecule has 0 fully saturated rings. The van der Waals surface area contributed by atoms with E-state index in [0.717, 1.165) is 0 Å². The van der Waals surface area contributed by atoms with Crippen LogP contribution < -0.4 is 10.5 Å². The van der Waals surface area contributed by atoms with Crippen LogP contribution in [0.5, 0.6) is 11.6 Å². The van der Waals surface area contributed by atoms with Crippen molar-refractivity contribution in [2.24, 2.45) is 0 Å². The molecular weight excluding hydrogens is 275 g/mol. The average Bonchev–Trinajstić information content (AvgIpc) is 2.20. The molecule has 5 heteroatoms. The zero-order valence-corrected chi connectivity index (χ0v) is 9.74. The molecule has 0 aliphatic rings. The van der Waals surface area contributed by atoms with Crippen LogP contribution >= 0.6 is 15.9 Å². The summed E-state index contributed by atoms with van der Waals surface area (Å²) in [6.45, 7) is 0. The molecule has 2 rings (SSSR count). The number of benzene rings is 1. The van der Waals surface area contributed by atoms with E-state index in [0.29, 0.717) is 21.8 Å². The van der Waals surface area contributed by atoms with Crippen LogP contribution in [0, 0.1) is 5.82 Å². The molecule has 0 saturated carbocycles. The second kappa shape index (κ2) is 4.49. The van der Waals surface area contributed by atoms with Gasteiger partial charge in [-0.3, -0.25) is 0 Å². The quantitative estimate of drug-likeness (QED) is 0.919. The first kappa shape index (κ1) is 10.9. The molecule has 0 atom stereocenters. The summed E-state index contributed by atoms with van der Waals surface area (Å²) in [5.74, 6) is 0.371. The predicted octanol–water partition coefficient (Wildman–Crippen LogP) is 3.36. The topological polar surface area (TPSA) is 48.1 Å². The number of nitrogens with zero attached hydrogens (tertiary/aromatic N) is 1. The predicted molar refractivity (Wildman–Crippen MR) is 62.8 cm³/mol. The molecule has 16 heavy (non-hydrogen) atoms. The highest BCUT2D eigenvalue weighted by molar-refractivity contribution is 9.10. The van der Waals surface area contributed by atoms with Gasteiger partial charge in [-0.15, -0.1) is 0 Å². The van der Waals surface area contributed by atoms with Crippen molar-refractivity contribution < 1.29 is 9.13 Å². The number of anilines is 1. The Morgan fingerprint density at radius 1 is 1.25 bits per heavy atom. The maximum Gasteiger partial charge on any atom is 0.219 e. The van der Waals surface area contributed by atoms with E-state index in [1.807, 2.05) is 0 Å².